The molecule has 0 fully saturated rings. The van der Waals surface area contributed by atoms with Crippen LogP contribution in [0.15, 0.2) is 18.3 Å². The van der Waals surface area contributed by atoms with Gasteiger partial charge in [-0.05, 0) is 23.7 Å². The minimum Gasteiger partial charge on any atom is -0.200 e. The van der Waals surface area contributed by atoms with E-state index in [0.29, 0.717) is 10.0 Å². The third kappa shape index (κ3) is 1.11. The molecule has 0 spiro atoms. The molecule has 0 bridgehead atoms. The second kappa shape index (κ2) is 2.63. The minimum absolute atomic E-state index is 0.583. The molecule has 2 rings (SSSR count). The average Bonchev–Trinajstić information content (AvgIpc) is 2.45. The lowest BCUT2D eigenvalue weighted by Gasteiger charge is -1.93. The largest absolute Gasteiger partial charge is 0.200 e. The van der Waals surface area contributed by atoms with Crippen LogP contribution in [0.2, 0.25) is 10.0 Å². The fourth-order valence-corrected chi connectivity index (χ4v) is 1.97. The van der Waals surface area contributed by atoms with Gasteiger partial charge >= 0.3 is 0 Å². The van der Waals surface area contributed by atoms with E-state index in [1.807, 2.05) is 6.07 Å². The molecule has 0 saturated carbocycles. The molecule has 0 aliphatic rings. The Bertz CT molecular complexity index is 396. The van der Waals surface area contributed by atoms with Gasteiger partial charge in [0, 0.05) is 5.39 Å². The van der Waals surface area contributed by atoms with Gasteiger partial charge in [0.05, 0.1) is 20.9 Å². The molecule has 1 nitrogen and oxygen atoms in total. The number of nitrogens with zero attached hydrogens (tertiary/aromatic N) is 1. The molecule has 0 amide bonds. The molecule has 1 heterocycles. The van der Waals surface area contributed by atoms with Crippen molar-refractivity contribution < 1.29 is 0 Å². The normalized spacial score (nSPS) is 10.7. The first-order valence-corrected chi connectivity index (χ1v) is 4.50. The molecule has 0 saturated heterocycles. The quantitative estimate of drug-likeness (QED) is 0.638. The van der Waals surface area contributed by atoms with Gasteiger partial charge in [-0.15, -0.1) is 0 Å². The molecule has 0 unspecified atom stereocenters. The zero-order valence-electron chi connectivity index (χ0n) is 5.34. The van der Waals surface area contributed by atoms with Crippen LogP contribution in [0, 0.1) is 0 Å². The van der Waals surface area contributed by atoms with Crippen molar-refractivity contribution in [3.63, 3.8) is 0 Å². The van der Waals surface area contributed by atoms with E-state index in [1.165, 1.54) is 11.5 Å². The van der Waals surface area contributed by atoms with E-state index in [0.717, 1.165) is 10.1 Å². The smallest absolute Gasteiger partial charge is 0.0695 e. The van der Waals surface area contributed by atoms with E-state index in [-0.39, 0.29) is 0 Å². The van der Waals surface area contributed by atoms with Crippen LogP contribution in [0.4, 0.5) is 0 Å². The Morgan fingerprint density at radius 3 is 2.91 bits per heavy atom. The van der Waals surface area contributed by atoms with Gasteiger partial charge in [-0.2, -0.15) is 4.37 Å². The first-order chi connectivity index (χ1) is 5.29. The Morgan fingerprint density at radius 2 is 2.09 bits per heavy atom. The Labute approximate surface area is 77.7 Å². The molecule has 0 N–H and O–H groups in total. The molecule has 11 heavy (non-hydrogen) atoms. The first-order valence-electron chi connectivity index (χ1n) is 2.97. The topological polar surface area (TPSA) is 12.9 Å². The fourth-order valence-electron chi connectivity index (χ4n) is 0.884. The summed E-state index contributed by atoms with van der Waals surface area (Å²) in [4.78, 5) is 0. The van der Waals surface area contributed by atoms with Crippen molar-refractivity contribution in [1.82, 2.24) is 4.37 Å². The Kier molecular flexibility index (Phi) is 1.75. The third-order valence-electron chi connectivity index (χ3n) is 1.43. The summed E-state index contributed by atoms with van der Waals surface area (Å²) in [5, 5.41) is 2.11. The highest BCUT2D eigenvalue weighted by atomic mass is 35.5. The van der Waals surface area contributed by atoms with Crippen LogP contribution >= 0.6 is 34.7 Å². The lowest BCUT2D eigenvalue weighted by atomic mass is 10.3. The number of aromatic nitrogens is 1. The van der Waals surface area contributed by atoms with Gasteiger partial charge in [-0.25, -0.2) is 0 Å². The second-order valence-corrected chi connectivity index (χ2v) is 3.72. The highest BCUT2D eigenvalue weighted by molar-refractivity contribution is 7.13. The predicted molar refractivity (Wildman–Crippen MR) is 49.6 cm³/mol. The summed E-state index contributed by atoms with van der Waals surface area (Å²) in [5.74, 6) is 0. The Morgan fingerprint density at radius 1 is 1.27 bits per heavy atom. The minimum atomic E-state index is 0.583. The SMILES string of the molecule is Clc1ccc2sncc2c1Cl. The van der Waals surface area contributed by atoms with Crippen molar-refractivity contribution in [2.24, 2.45) is 0 Å². The summed E-state index contributed by atoms with van der Waals surface area (Å²) >= 11 is 13.1. The molecule has 0 aliphatic carbocycles. The van der Waals surface area contributed by atoms with Gasteiger partial charge in [0.25, 0.3) is 0 Å². The summed E-state index contributed by atoms with van der Waals surface area (Å²) in [6.07, 6.45) is 1.73. The summed E-state index contributed by atoms with van der Waals surface area (Å²) in [5.41, 5.74) is 0. The summed E-state index contributed by atoms with van der Waals surface area (Å²) < 4.78 is 5.07. The highest BCUT2D eigenvalue weighted by Crippen LogP contribution is 2.31. The molecule has 0 atom stereocenters. The molecule has 56 valence electrons. The van der Waals surface area contributed by atoms with Crippen molar-refractivity contribution in [3.8, 4) is 0 Å². The van der Waals surface area contributed by atoms with E-state index >= 15 is 0 Å². The molecule has 1 aromatic heterocycles. The van der Waals surface area contributed by atoms with Crippen molar-refractivity contribution in [3.05, 3.63) is 28.4 Å². The van der Waals surface area contributed by atoms with Crippen LogP contribution in [0.5, 0.6) is 0 Å². The zero-order chi connectivity index (χ0) is 7.84. The average molecular weight is 204 g/mol. The fraction of sp³-hybridized carbons (Fsp3) is 0. The van der Waals surface area contributed by atoms with Crippen LogP contribution in [-0.2, 0) is 0 Å². The maximum Gasteiger partial charge on any atom is 0.0695 e. The van der Waals surface area contributed by atoms with Crippen molar-refractivity contribution >= 4 is 44.8 Å². The van der Waals surface area contributed by atoms with Gasteiger partial charge < -0.3 is 0 Å². The van der Waals surface area contributed by atoms with E-state index in [2.05, 4.69) is 4.37 Å². The molecule has 2 aromatic rings. The zero-order valence-corrected chi connectivity index (χ0v) is 7.67. The van der Waals surface area contributed by atoms with Crippen LogP contribution < -0.4 is 0 Å². The molecular formula is C7H3Cl2NS. The van der Waals surface area contributed by atoms with Crippen molar-refractivity contribution in [1.29, 1.82) is 0 Å². The van der Waals surface area contributed by atoms with E-state index in [1.54, 1.807) is 12.3 Å². The van der Waals surface area contributed by atoms with Crippen LogP contribution in [-0.4, -0.2) is 4.37 Å². The van der Waals surface area contributed by atoms with Gasteiger partial charge in [0.1, 0.15) is 0 Å². The van der Waals surface area contributed by atoms with Gasteiger partial charge in [0.2, 0.25) is 0 Å². The van der Waals surface area contributed by atoms with Crippen LogP contribution in [0.3, 0.4) is 0 Å². The number of halogens is 2. The maximum absolute atomic E-state index is 5.90. The number of hydrogen-bond acceptors (Lipinski definition) is 2. The van der Waals surface area contributed by atoms with Gasteiger partial charge in [-0.3, -0.25) is 0 Å². The first kappa shape index (κ1) is 7.35. The number of fused-ring (bicyclic) bond motifs is 1. The van der Waals surface area contributed by atoms with Crippen LogP contribution in [0.25, 0.3) is 10.1 Å². The van der Waals surface area contributed by atoms with E-state index in [9.17, 15) is 0 Å². The monoisotopic (exact) mass is 203 g/mol. The molecule has 0 radical (unpaired) electrons. The summed E-state index contributed by atoms with van der Waals surface area (Å²) in [6, 6.07) is 3.70. The van der Waals surface area contributed by atoms with E-state index in [4.69, 9.17) is 23.2 Å². The summed E-state index contributed by atoms with van der Waals surface area (Å²) in [7, 11) is 0. The second-order valence-electron chi connectivity index (χ2n) is 2.10. The Balaban J connectivity index is 2.93. The molecule has 4 heteroatoms. The molecule has 1 aromatic carbocycles. The van der Waals surface area contributed by atoms with Crippen LogP contribution in [0.1, 0.15) is 0 Å². The Hall–Kier alpha value is -0.310. The summed E-state index contributed by atoms with van der Waals surface area (Å²) in [6.45, 7) is 0. The van der Waals surface area contributed by atoms with Crippen molar-refractivity contribution in [2.75, 3.05) is 0 Å². The highest BCUT2D eigenvalue weighted by Gasteiger charge is 2.04. The molecular weight excluding hydrogens is 201 g/mol. The standard InChI is InChI=1S/C7H3Cl2NS/c8-5-1-2-6-4(7(5)9)3-10-11-6/h1-3H. The third-order valence-corrected chi connectivity index (χ3v) is 3.01. The number of benzene rings is 1. The predicted octanol–water partition coefficient (Wildman–Crippen LogP) is 3.60. The van der Waals surface area contributed by atoms with E-state index < -0.39 is 0 Å². The van der Waals surface area contributed by atoms with Gasteiger partial charge in [-0.1, -0.05) is 23.2 Å². The van der Waals surface area contributed by atoms with Gasteiger partial charge in [0.15, 0.2) is 0 Å². The maximum atomic E-state index is 5.90. The lowest BCUT2D eigenvalue weighted by molar-refractivity contribution is 1.61. The molecule has 0 aliphatic heterocycles. The lowest BCUT2D eigenvalue weighted by Crippen LogP contribution is -1.67. The number of hydrogen-bond donors (Lipinski definition) is 0. The number of rotatable bonds is 0. The van der Waals surface area contributed by atoms with Crippen molar-refractivity contribution in [2.45, 2.75) is 0 Å².